The van der Waals surface area contributed by atoms with E-state index in [4.69, 9.17) is 4.74 Å². The average Bonchev–Trinajstić information content (AvgIpc) is 2.43. The molecule has 0 aliphatic heterocycles. The van der Waals surface area contributed by atoms with Gasteiger partial charge in [-0.1, -0.05) is 43.3 Å². The number of rotatable bonds is 6. The lowest BCUT2D eigenvalue weighted by molar-refractivity contribution is 0.149. The summed E-state index contributed by atoms with van der Waals surface area (Å²) in [6.45, 7) is 2.65. The van der Waals surface area contributed by atoms with Gasteiger partial charge >= 0.3 is 0 Å². The van der Waals surface area contributed by atoms with Gasteiger partial charge in [0.05, 0.1) is 12.7 Å². The zero-order valence-corrected chi connectivity index (χ0v) is 10.8. The van der Waals surface area contributed by atoms with Crippen molar-refractivity contribution in [3.05, 3.63) is 42.5 Å². The van der Waals surface area contributed by atoms with E-state index >= 15 is 0 Å². The molecule has 2 aromatic carbocycles. The topological polar surface area (TPSA) is 29.5 Å². The Morgan fingerprint density at radius 2 is 1.89 bits per heavy atom. The Morgan fingerprint density at radius 1 is 1.11 bits per heavy atom. The van der Waals surface area contributed by atoms with Crippen LogP contribution in [0, 0.1) is 0 Å². The van der Waals surface area contributed by atoms with E-state index in [-0.39, 0.29) is 6.10 Å². The fraction of sp³-hybridized carbons (Fsp3) is 0.375. The zero-order valence-electron chi connectivity index (χ0n) is 10.8. The van der Waals surface area contributed by atoms with Crippen LogP contribution >= 0.6 is 0 Å². The molecule has 0 spiro atoms. The molecule has 0 saturated heterocycles. The van der Waals surface area contributed by atoms with Crippen LogP contribution in [0.3, 0.4) is 0 Å². The van der Waals surface area contributed by atoms with Gasteiger partial charge in [0.15, 0.2) is 0 Å². The minimum atomic E-state index is -0.193. The highest BCUT2D eigenvalue weighted by molar-refractivity contribution is 5.88. The maximum absolute atomic E-state index is 9.47. The van der Waals surface area contributed by atoms with Crippen molar-refractivity contribution in [3.63, 3.8) is 0 Å². The van der Waals surface area contributed by atoms with E-state index in [2.05, 4.69) is 18.2 Å². The normalized spacial score (nSPS) is 12.6. The molecule has 2 heteroatoms. The lowest BCUT2D eigenvalue weighted by Crippen LogP contribution is -2.07. The molecular formula is C16H20O2. The predicted molar refractivity (Wildman–Crippen MR) is 75.0 cm³/mol. The number of hydrogen-bond acceptors (Lipinski definition) is 2. The average molecular weight is 244 g/mol. The third-order valence-electron chi connectivity index (χ3n) is 3.16. The maximum Gasteiger partial charge on any atom is 0.127 e. The molecule has 1 unspecified atom stereocenters. The molecule has 18 heavy (non-hydrogen) atoms. The van der Waals surface area contributed by atoms with Crippen LogP contribution in [0.4, 0.5) is 0 Å². The van der Waals surface area contributed by atoms with Gasteiger partial charge in [-0.15, -0.1) is 0 Å². The Morgan fingerprint density at radius 3 is 2.72 bits per heavy atom. The van der Waals surface area contributed by atoms with Crippen molar-refractivity contribution >= 4 is 10.8 Å². The molecule has 2 rings (SSSR count). The van der Waals surface area contributed by atoms with Gasteiger partial charge < -0.3 is 9.84 Å². The molecule has 96 valence electrons. The van der Waals surface area contributed by atoms with Crippen molar-refractivity contribution in [2.75, 3.05) is 6.61 Å². The lowest BCUT2D eigenvalue weighted by atomic mass is 10.1. The number of fused-ring (bicyclic) bond motifs is 1. The van der Waals surface area contributed by atoms with Crippen LogP contribution in [-0.4, -0.2) is 17.8 Å². The van der Waals surface area contributed by atoms with Crippen LogP contribution in [0.15, 0.2) is 42.5 Å². The molecule has 0 bridgehead atoms. The van der Waals surface area contributed by atoms with Crippen molar-refractivity contribution in [1.29, 1.82) is 0 Å². The van der Waals surface area contributed by atoms with Crippen LogP contribution < -0.4 is 4.74 Å². The van der Waals surface area contributed by atoms with Crippen molar-refractivity contribution in [2.24, 2.45) is 0 Å². The smallest absolute Gasteiger partial charge is 0.127 e. The van der Waals surface area contributed by atoms with Crippen molar-refractivity contribution in [1.82, 2.24) is 0 Å². The maximum atomic E-state index is 9.47. The van der Waals surface area contributed by atoms with Gasteiger partial charge in [0, 0.05) is 5.39 Å². The number of aliphatic hydroxyl groups is 1. The Kier molecular flexibility index (Phi) is 4.59. The highest BCUT2D eigenvalue weighted by Crippen LogP contribution is 2.25. The summed E-state index contributed by atoms with van der Waals surface area (Å²) in [6.07, 6.45) is 2.31. The Balaban J connectivity index is 1.95. The minimum absolute atomic E-state index is 0.193. The standard InChI is InChI=1S/C16H20O2/c1-2-14(17)9-6-12-18-16-11-5-8-13-7-3-4-10-15(13)16/h3-5,7-8,10-11,14,17H,2,6,9,12H2,1H3. The molecule has 1 atom stereocenters. The van der Waals surface area contributed by atoms with E-state index in [0.717, 1.165) is 30.4 Å². The second kappa shape index (κ2) is 6.41. The van der Waals surface area contributed by atoms with E-state index in [1.807, 2.05) is 31.2 Å². The molecule has 0 amide bonds. The van der Waals surface area contributed by atoms with Crippen molar-refractivity contribution < 1.29 is 9.84 Å². The van der Waals surface area contributed by atoms with E-state index < -0.39 is 0 Å². The summed E-state index contributed by atoms with van der Waals surface area (Å²) < 4.78 is 5.80. The molecule has 0 aliphatic rings. The summed E-state index contributed by atoms with van der Waals surface area (Å²) in [5, 5.41) is 11.8. The quantitative estimate of drug-likeness (QED) is 0.784. The Labute approximate surface area is 108 Å². The molecule has 2 nitrogen and oxygen atoms in total. The molecule has 0 fully saturated rings. The van der Waals surface area contributed by atoms with E-state index in [0.29, 0.717) is 6.61 Å². The zero-order chi connectivity index (χ0) is 12.8. The lowest BCUT2D eigenvalue weighted by Gasteiger charge is -2.10. The fourth-order valence-electron chi connectivity index (χ4n) is 2.03. The summed E-state index contributed by atoms with van der Waals surface area (Å²) in [5.74, 6) is 0.930. The van der Waals surface area contributed by atoms with Crippen molar-refractivity contribution in [2.45, 2.75) is 32.3 Å². The second-order valence-electron chi connectivity index (χ2n) is 4.53. The highest BCUT2D eigenvalue weighted by Gasteiger charge is 2.03. The largest absolute Gasteiger partial charge is 0.493 e. The second-order valence-corrected chi connectivity index (χ2v) is 4.53. The van der Waals surface area contributed by atoms with Gasteiger partial charge in [-0.2, -0.15) is 0 Å². The first-order valence-corrected chi connectivity index (χ1v) is 6.60. The van der Waals surface area contributed by atoms with Crippen LogP contribution in [0.5, 0.6) is 5.75 Å². The summed E-state index contributed by atoms with van der Waals surface area (Å²) in [6, 6.07) is 14.3. The molecule has 2 aromatic rings. The molecule has 0 radical (unpaired) electrons. The molecule has 0 heterocycles. The third kappa shape index (κ3) is 3.23. The minimum Gasteiger partial charge on any atom is -0.493 e. The number of ether oxygens (including phenoxy) is 1. The Hall–Kier alpha value is -1.54. The summed E-state index contributed by atoms with van der Waals surface area (Å²) >= 11 is 0. The van der Waals surface area contributed by atoms with Gasteiger partial charge in [0.25, 0.3) is 0 Å². The molecule has 1 N–H and O–H groups in total. The van der Waals surface area contributed by atoms with Crippen LogP contribution in [-0.2, 0) is 0 Å². The number of benzene rings is 2. The summed E-state index contributed by atoms with van der Waals surface area (Å²) in [4.78, 5) is 0. The summed E-state index contributed by atoms with van der Waals surface area (Å²) in [5.41, 5.74) is 0. The van der Waals surface area contributed by atoms with E-state index in [9.17, 15) is 5.11 Å². The molecule has 0 aromatic heterocycles. The van der Waals surface area contributed by atoms with Gasteiger partial charge in [-0.25, -0.2) is 0 Å². The Bertz CT molecular complexity index is 488. The van der Waals surface area contributed by atoms with Gasteiger partial charge in [0.2, 0.25) is 0 Å². The van der Waals surface area contributed by atoms with Gasteiger partial charge in [0.1, 0.15) is 5.75 Å². The van der Waals surface area contributed by atoms with E-state index in [1.54, 1.807) is 0 Å². The van der Waals surface area contributed by atoms with Crippen LogP contribution in [0.25, 0.3) is 10.8 Å². The third-order valence-corrected chi connectivity index (χ3v) is 3.16. The molecule has 0 saturated carbocycles. The molecular weight excluding hydrogens is 224 g/mol. The highest BCUT2D eigenvalue weighted by atomic mass is 16.5. The SMILES string of the molecule is CCC(O)CCCOc1cccc2ccccc12. The summed E-state index contributed by atoms with van der Waals surface area (Å²) in [7, 11) is 0. The van der Waals surface area contributed by atoms with Gasteiger partial charge in [-0.3, -0.25) is 0 Å². The fourth-order valence-corrected chi connectivity index (χ4v) is 2.03. The van der Waals surface area contributed by atoms with Gasteiger partial charge in [-0.05, 0) is 30.7 Å². The first-order valence-electron chi connectivity index (χ1n) is 6.60. The monoisotopic (exact) mass is 244 g/mol. The van der Waals surface area contributed by atoms with Crippen LogP contribution in [0.2, 0.25) is 0 Å². The van der Waals surface area contributed by atoms with E-state index in [1.165, 1.54) is 5.39 Å². The number of aliphatic hydroxyl groups excluding tert-OH is 1. The first-order chi connectivity index (χ1) is 8.81. The van der Waals surface area contributed by atoms with Crippen molar-refractivity contribution in [3.8, 4) is 5.75 Å². The first kappa shape index (κ1) is 12.9. The number of hydrogen-bond donors (Lipinski definition) is 1. The molecule has 0 aliphatic carbocycles. The predicted octanol–water partition coefficient (Wildman–Crippen LogP) is 3.77. The van der Waals surface area contributed by atoms with Crippen LogP contribution in [0.1, 0.15) is 26.2 Å².